The maximum atomic E-state index is 12.6. The lowest BCUT2D eigenvalue weighted by Gasteiger charge is -2.60. The molecular formula is C24H36N2O2. The number of oxime groups is 1. The van der Waals surface area contributed by atoms with E-state index in [-0.39, 0.29) is 11.5 Å². The standard InChI is InChI=1S/C24H36N2O2/c1-15-12-18-19-4-5-22(27)24(19,3)10-7-20(18)23(2)9-6-16(13-21(15)23)26-28-17-8-11-25-14-17/h17-21,25H,1,4-14H2,2-3H3/b26-16+/t17-,18+,19+,20+,21-,23-,24+/m1/s1. The number of allylic oxidation sites excluding steroid dienone is 1. The fourth-order valence-corrected chi connectivity index (χ4v) is 7.77. The summed E-state index contributed by atoms with van der Waals surface area (Å²) in [5.74, 6) is 3.06. The van der Waals surface area contributed by atoms with Crippen molar-refractivity contribution in [3.8, 4) is 0 Å². The Labute approximate surface area is 169 Å². The van der Waals surface area contributed by atoms with Crippen molar-refractivity contribution in [2.45, 2.75) is 77.7 Å². The zero-order chi connectivity index (χ0) is 19.5. The van der Waals surface area contributed by atoms with Crippen LogP contribution in [0.25, 0.3) is 0 Å². The highest BCUT2D eigenvalue weighted by molar-refractivity contribution is 5.87. The van der Waals surface area contributed by atoms with E-state index in [1.54, 1.807) is 0 Å². The highest BCUT2D eigenvalue weighted by Crippen LogP contribution is 2.66. The van der Waals surface area contributed by atoms with E-state index in [4.69, 9.17) is 4.84 Å². The number of carbonyl (C=O) groups excluding carboxylic acids is 1. The summed E-state index contributed by atoms with van der Waals surface area (Å²) in [4.78, 5) is 18.5. The first kappa shape index (κ1) is 18.8. The van der Waals surface area contributed by atoms with E-state index in [1.807, 2.05) is 0 Å². The molecule has 0 unspecified atom stereocenters. The van der Waals surface area contributed by atoms with Gasteiger partial charge in [-0.15, -0.1) is 0 Å². The van der Waals surface area contributed by atoms with Crippen LogP contribution in [0.2, 0.25) is 0 Å². The van der Waals surface area contributed by atoms with Crippen molar-refractivity contribution in [3.05, 3.63) is 12.2 Å². The first-order chi connectivity index (χ1) is 13.4. The summed E-state index contributed by atoms with van der Waals surface area (Å²) in [6.45, 7) is 11.3. The summed E-state index contributed by atoms with van der Waals surface area (Å²) in [6.07, 6.45) is 9.96. The third-order valence-corrected chi connectivity index (χ3v) is 9.52. The highest BCUT2D eigenvalue weighted by Gasteiger charge is 2.60. The smallest absolute Gasteiger partial charge is 0.141 e. The van der Waals surface area contributed by atoms with Crippen molar-refractivity contribution in [1.82, 2.24) is 5.32 Å². The molecule has 0 amide bonds. The number of Topliss-reactive ketones (excluding diaryl/α,β-unsaturated/α-hetero) is 1. The average Bonchev–Trinajstić information content (AvgIpc) is 3.29. The Hall–Kier alpha value is -1.16. The molecule has 4 aliphatic carbocycles. The van der Waals surface area contributed by atoms with Crippen molar-refractivity contribution < 1.29 is 9.63 Å². The number of nitrogens with zero attached hydrogens (tertiary/aromatic N) is 1. The molecule has 7 atom stereocenters. The Morgan fingerprint density at radius 3 is 2.75 bits per heavy atom. The topological polar surface area (TPSA) is 50.7 Å². The van der Waals surface area contributed by atoms with Gasteiger partial charge in [-0.2, -0.15) is 0 Å². The minimum Gasteiger partial charge on any atom is -0.391 e. The van der Waals surface area contributed by atoms with E-state index in [9.17, 15) is 4.79 Å². The van der Waals surface area contributed by atoms with Gasteiger partial charge in [0.1, 0.15) is 11.9 Å². The number of hydrogen-bond donors (Lipinski definition) is 1. The number of rotatable bonds is 2. The molecule has 0 bridgehead atoms. The molecule has 4 nitrogen and oxygen atoms in total. The zero-order valence-electron chi connectivity index (χ0n) is 17.6. The van der Waals surface area contributed by atoms with E-state index in [1.165, 1.54) is 24.1 Å². The van der Waals surface area contributed by atoms with Crippen LogP contribution in [0.3, 0.4) is 0 Å². The molecule has 1 saturated heterocycles. The lowest BCUT2D eigenvalue weighted by Crippen LogP contribution is -2.54. The van der Waals surface area contributed by atoms with Gasteiger partial charge in [-0.1, -0.05) is 31.2 Å². The first-order valence-electron chi connectivity index (χ1n) is 11.5. The summed E-state index contributed by atoms with van der Waals surface area (Å²) in [7, 11) is 0. The SMILES string of the molecule is C=C1C[C@@H]2[C@H](CC[C@]3(C)C(=O)CC[C@@H]23)[C@@]2(C)CC/C(=N\O[C@@H]3CCNC3)C[C@H]12. The van der Waals surface area contributed by atoms with Crippen LogP contribution >= 0.6 is 0 Å². The molecule has 5 aliphatic rings. The van der Waals surface area contributed by atoms with Crippen LogP contribution < -0.4 is 5.32 Å². The quantitative estimate of drug-likeness (QED) is 0.563. The van der Waals surface area contributed by atoms with Crippen LogP contribution in [0.4, 0.5) is 0 Å². The number of fused-ring (bicyclic) bond motifs is 5. The van der Waals surface area contributed by atoms with Crippen molar-refractivity contribution in [2.24, 2.45) is 39.7 Å². The van der Waals surface area contributed by atoms with Crippen LogP contribution in [-0.2, 0) is 9.63 Å². The molecule has 5 fully saturated rings. The zero-order valence-corrected chi connectivity index (χ0v) is 17.6. The van der Waals surface area contributed by atoms with Crippen molar-refractivity contribution in [1.29, 1.82) is 0 Å². The molecular weight excluding hydrogens is 348 g/mol. The molecule has 0 aromatic heterocycles. The normalized spacial score (nSPS) is 49.6. The van der Waals surface area contributed by atoms with Crippen LogP contribution in [0, 0.1) is 34.5 Å². The number of carbonyl (C=O) groups is 1. The van der Waals surface area contributed by atoms with Crippen LogP contribution in [0.1, 0.15) is 71.6 Å². The fraction of sp³-hybridized carbons (Fsp3) is 0.833. The molecule has 0 radical (unpaired) electrons. The van der Waals surface area contributed by atoms with Crippen molar-refractivity contribution in [3.63, 3.8) is 0 Å². The van der Waals surface area contributed by atoms with Gasteiger partial charge in [-0.25, -0.2) is 0 Å². The van der Waals surface area contributed by atoms with Gasteiger partial charge in [0.15, 0.2) is 0 Å². The minimum absolute atomic E-state index is 0.0465. The van der Waals surface area contributed by atoms with Crippen LogP contribution in [-0.4, -0.2) is 30.7 Å². The molecule has 0 aromatic rings. The molecule has 1 aliphatic heterocycles. The van der Waals surface area contributed by atoms with Gasteiger partial charge in [0, 0.05) is 24.8 Å². The van der Waals surface area contributed by atoms with E-state index < -0.39 is 0 Å². The first-order valence-corrected chi connectivity index (χ1v) is 11.5. The minimum atomic E-state index is -0.0465. The van der Waals surface area contributed by atoms with E-state index in [2.05, 4.69) is 30.9 Å². The Kier molecular flexibility index (Phi) is 4.50. The molecule has 4 saturated carbocycles. The maximum absolute atomic E-state index is 12.6. The lowest BCUT2D eigenvalue weighted by molar-refractivity contribution is -0.134. The Morgan fingerprint density at radius 2 is 1.96 bits per heavy atom. The third-order valence-electron chi connectivity index (χ3n) is 9.52. The number of ketones is 1. The molecule has 0 aromatic carbocycles. The monoisotopic (exact) mass is 384 g/mol. The second-order valence-corrected chi connectivity index (χ2v) is 10.8. The largest absolute Gasteiger partial charge is 0.391 e. The second-order valence-electron chi connectivity index (χ2n) is 10.8. The molecule has 1 heterocycles. The number of hydrogen-bond acceptors (Lipinski definition) is 4. The van der Waals surface area contributed by atoms with Gasteiger partial charge in [0.2, 0.25) is 0 Å². The van der Waals surface area contributed by atoms with Crippen molar-refractivity contribution >= 4 is 11.5 Å². The van der Waals surface area contributed by atoms with E-state index in [0.717, 1.165) is 64.0 Å². The Morgan fingerprint density at radius 1 is 1.11 bits per heavy atom. The van der Waals surface area contributed by atoms with Gasteiger partial charge in [-0.05, 0) is 80.6 Å². The molecule has 4 heteroatoms. The molecule has 154 valence electrons. The summed E-state index contributed by atoms with van der Waals surface area (Å²) in [6, 6.07) is 0. The van der Waals surface area contributed by atoms with Crippen LogP contribution in [0.15, 0.2) is 17.3 Å². The third kappa shape index (κ3) is 2.74. The van der Waals surface area contributed by atoms with Gasteiger partial charge in [0.05, 0.1) is 5.71 Å². The lowest BCUT2D eigenvalue weighted by atomic mass is 9.44. The number of nitrogens with one attached hydrogen (secondary N) is 1. The molecule has 5 rings (SSSR count). The molecule has 0 spiro atoms. The average molecular weight is 385 g/mol. The summed E-state index contributed by atoms with van der Waals surface area (Å²) in [5, 5.41) is 7.93. The summed E-state index contributed by atoms with van der Waals surface area (Å²) >= 11 is 0. The molecule has 1 N–H and O–H groups in total. The Bertz CT molecular complexity index is 709. The predicted molar refractivity (Wildman–Crippen MR) is 111 cm³/mol. The second kappa shape index (κ2) is 6.68. The van der Waals surface area contributed by atoms with E-state index in [0.29, 0.717) is 29.0 Å². The van der Waals surface area contributed by atoms with Crippen molar-refractivity contribution in [2.75, 3.05) is 13.1 Å². The summed E-state index contributed by atoms with van der Waals surface area (Å²) in [5.41, 5.74) is 2.93. The maximum Gasteiger partial charge on any atom is 0.141 e. The van der Waals surface area contributed by atoms with Crippen LogP contribution in [0.5, 0.6) is 0 Å². The van der Waals surface area contributed by atoms with Gasteiger partial charge in [0.25, 0.3) is 0 Å². The van der Waals surface area contributed by atoms with Gasteiger partial charge < -0.3 is 10.2 Å². The van der Waals surface area contributed by atoms with E-state index >= 15 is 0 Å². The summed E-state index contributed by atoms with van der Waals surface area (Å²) < 4.78 is 0. The van der Waals surface area contributed by atoms with Gasteiger partial charge >= 0.3 is 0 Å². The fourth-order valence-electron chi connectivity index (χ4n) is 7.77. The Balaban J connectivity index is 1.35. The molecule has 28 heavy (non-hydrogen) atoms. The highest BCUT2D eigenvalue weighted by atomic mass is 16.6. The predicted octanol–water partition coefficient (Wildman–Crippen LogP) is 4.50. The van der Waals surface area contributed by atoms with Gasteiger partial charge in [-0.3, -0.25) is 4.79 Å².